The van der Waals surface area contributed by atoms with Crippen LogP contribution >= 0.6 is 0 Å². The number of hydrogen-bond acceptors (Lipinski definition) is 0. The average molecular weight is 269 g/mol. The molecule has 4 aliphatic carbocycles. The first-order chi connectivity index (χ1) is 9.72. The molecule has 1 nitrogen and oxygen atoms in total. The maximum absolute atomic E-state index is 13.7. The molecule has 0 saturated heterocycles. The summed E-state index contributed by atoms with van der Waals surface area (Å²) in [5, 5.41) is 1.13. The van der Waals surface area contributed by atoms with Crippen LogP contribution in [0.5, 0.6) is 0 Å². The van der Waals surface area contributed by atoms with Gasteiger partial charge in [0.2, 0.25) is 0 Å². The molecule has 104 valence electrons. The molecule has 2 aromatic rings. The van der Waals surface area contributed by atoms with Crippen LogP contribution in [-0.2, 0) is 5.41 Å². The molecule has 0 aliphatic heterocycles. The van der Waals surface area contributed by atoms with Gasteiger partial charge >= 0.3 is 0 Å². The van der Waals surface area contributed by atoms with Crippen molar-refractivity contribution < 1.29 is 4.39 Å². The number of halogens is 1. The largest absolute Gasteiger partial charge is 0.361 e. The van der Waals surface area contributed by atoms with Gasteiger partial charge in [0, 0.05) is 17.1 Å². The fourth-order valence-corrected chi connectivity index (χ4v) is 5.97. The molecule has 1 aromatic heterocycles. The molecule has 4 fully saturated rings. The highest BCUT2D eigenvalue weighted by Crippen LogP contribution is 2.61. The van der Waals surface area contributed by atoms with Crippen molar-refractivity contribution in [3.63, 3.8) is 0 Å². The number of benzene rings is 1. The molecule has 4 aliphatic rings. The first kappa shape index (κ1) is 11.4. The van der Waals surface area contributed by atoms with Crippen LogP contribution in [0.1, 0.15) is 44.1 Å². The Balaban J connectivity index is 1.69. The summed E-state index contributed by atoms with van der Waals surface area (Å²) in [5.74, 6) is 2.68. The minimum atomic E-state index is -0.108. The van der Waals surface area contributed by atoms with Crippen molar-refractivity contribution in [1.82, 2.24) is 4.98 Å². The van der Waals surface area contributed by atoms with Gasteiger partial charge in [-0.1, -0.05) is 0 Å². The molecule has 0 radical (unpaired) electrons. The molecule has 1 aromatic carbocycles. The Labute approximate surface area is 118 Å². The van der Waals surface area contributed by atoms with E-state index in [1.165, 1.54) is 44.1 Å². The van der Waals surface area contributed by atoms with Gasteiger partial charge in [-0.25, -0.2) is 4.39 Å². The SMILES string of the molecule is Fc1ccc2[nH]cc(C34CC5CC(CC(C5)C3)C4)c2c1. The van der Waals surface area contributed by atoms with Gasteiger partial charge in [-0.3, -0.25) is 0 Å². The molecule has 1 N–H and O–H groups in total. The Hall–Kier alpha value is -1.31. The minimum absolute atomic E-state index is 0.108. The van der Waals surface area contributed by atoms with Gasteiger partial charge in [-0.15, -0.1) is 0 Å². The van der Waals surface area contributed by atoms with Crippen molar-refractivity contribution in [2.24, 2.45) is 17.8 Å². The summed E-state index contributed by atoms with van der Waals surface area (Å²) < 4.78 is 13.7. The average Bonchev–Trinajstić information content (AvgIpc) is 2.80. The van der Waals surface area contributed by atoms with E-state index >= 15 is 0 Å². The highest BCUT2D eigenvalue weighted by Gasteiger charge is 2.52. The molecule has 4 saturated carbocycles. The molecule has 2 heteroatoms. The Morgan fingerprint density at radius 2 is 1.65 bits per heavy atom. The van der Waals surface area contributed by atoms with Gasteiger partial charge < -0.3 is 4.98 Å². The van der Waals surface area contributed by atoms with E-state index in [2.05, 4.69) is 11.2 Å². The van der Waals surface area contributed by atoms with Crippen molar-refractivity contribution in [3.8, 4) is 0 Å². The fourth-order valence-electron chi connectivity index (χ4n) is 5.97. The van der Waals surface area contributed by atoms with Gasteiger partial charge in [0.25, 0.3) is 0 Å². The molecule has 0 amide bonds. The smallest absolute Gasteiger partial charge is 0.123 e. The van der Waals surface area contributed by atoms with Crippen LogP contribution in [0.15, 0.2) is 24.4 Å². The lowest BCUT2D eigenvalue weighted by Gasteiger charge is -2.57. The van der Waals surface area contributed by atoms with E-state index < -0.39 is 0 Å². The van der Waals surface area contributed by atoms with Crippen molar-refractivity contribution in [3.05, 3.63) is 35.8 Å². The Morgan fingerprint density at radius 3 is 2.30 bits per heavy atom. The molecule has 20 heavy (non-hydrogen) atoms. The number of aromatic amines is 1. The Kier molecular flexibility index (Phi) is 2.08. The minimum Gasteiger partial charge on any atom is -0.361 e. The summed E-state index contributed by atoms with van der Waals surface area (Å²) in [6, 6.07) is 5.18. The van der Waals surface area contributed by atoms with Crippen LogP contribution < -0.4 is 0 Å². The zero-order chi connectivity index (χ0) is 13.3. The van der Waals surface area contributed by atoms with Crippen LogP contribution in [0.25, 0.3) is 10.9 Å². The maximum atomic E-state index is 13.7. The summed E-state index contributed by atoms with van der Waals surface area (Å²) in [6.07, 6.45) is 10.5. The second-order valence-electron chi connectivity index (χ2n) is 7.59. The van der Waals surface area contributed by atoms with E-state index in [9.17, 15) is 4.39 Å². The first-order valence-corrected chi connectivity index (χ1v) is 7.99. The fraction of sp³-hybridized carbons (Fsp3) is 0.556. The lowest BCUT2D eigenvalue weighted by atomic mass is 9.48. The van der Waals surface area contributed by atoms with Crippen molar-refractivity contribution in [1.29, 1.82) is 0 Å². The third-order valence-electron chi connectivity index (χ3n) is 6.25. The van der Waals surface area contributed by atoms with E-state index in [0.717, 1.165) is 28.7 Å². The molecule has 0 unspecified atom stereocenters. The van der Waals surface area contributed by atoms with Crippen molar-refractivity contribution >= 4 is 10.9 Å². The molecule has 4 bridgehead atoms. The van der Waals surface area contributed by atoms with Crippen LogP contribution in [0.4, 0.5) is 4.39 Å². The predicted molar refractivity (Wildman–Crippen MR) is 78.1 cm³/mol. The second kappa shape index (κ2) is 3.66. The van der Waals surface area contributed by atoms with E-state index in [-0.39, 0.29) is 5.82 Å². The zero-order valence-electron chi connectivity index (χ0n) is 11.7. The predicted octanol–water partition coefficient (Wildman–Crippen LogP) is 4.77. The number of fused-ring (bicyclic) bond motifs is 1. The third kappa shape index (κ3) is 1.43. The molecule has 0 atom stereocenters. The summed E-state index contributed by atoms with van der Waals surface area (Å²) in [4.78, 5) is 3.37. The molecular weight excluding hydrogens is 249 g/mol. The van der Waals surface area contributed by atoms with Gasteiger partial charge in [-0.05, 0) is 85.5 Å². The van der Waals surface area contributed by atoms with Gasteiger partial charge in [0.05, 0.1) is 0 Å². The van der Waals surface area contributed by atoms with Crippen LogP contribution in [-0.4, -0.2) is 4.98 Å². The Bertz CT molecular complexity index is 648. The Morgan fingerprint density at radius 1 is 1.00 bits per heavy atom. The van der Waals surface area contributed by atoms with Crippen molar-refractivity contribution in [2.45, 2.75) is 43.9 Å². The van der Waals surface area contributed by atoms with Crippen LogP contribution in [0, 0.1) is 23.6 Å². The summed E-state index contributed by atoms with van der Waals surface area (Å²) >= 11 is 0. The maximum Gasteiger partial charge on any atom is 0.123 e. The van der Waals surface area contributed by atoms with E-state index in [0.29, 0.717) is 5.41 Å². The zero-order valence-corrected chi connectivity index (χ0v) is 11.7. The normalized spacial score (nSPS) is 38.8. The molecular formula is C18H20FN. The number of H-pyrrole nitrogens is 1. The molecule has 1 heterocycles. The van der Waals surface area contributed by atoms with E-state index in [1.807, 2.05) is 6.07 Å². The number of hydrogen-bond donors (Lipinski definition) is 1. The number of rotatable bonds is 1. The monoisotopic (exact) mass is 269 g/mol. The van der Waals surface area contributed by atoms with E-state index in [1.54, 1.807) is 12.1 Å². The topological polar surface area (TPSA) is 15.8 Å². The second-order valence-corrected chi connectivity index (χ2v) is 7.59. The van der Waals surface area contributed by atoms with Gasteiger partial charge in [-0.2, -0.15) is 0 Å². The lowest BCUT2D eigenvalue weighted by Crippen LogP contribution is -2.48. The summed E-state index contributed by atoms with van der Waals surface area (Å²) in [5.41, 5.74) is 2.85. The van der Waals surface area contributed by atoms with Gasteiger partial charge in [0.1, 0.15) is 5.82 Å². The third-order valence-corrected chi connectivity index (χ3v) is 6.25. The molecule has 0 spiro atoms. The standard InChI is InChI=1S/C18H20FN/c19-14-1-2-17-15(6-14)16(10-20-17)18-7-11-3-12(8-18)5-13(4-11)9-18/h1-2,6,10-13,20H,3-5,7-9H2. The quantitative estimate of drug-likeness (QED) is 0.767. The van der Waals surface area contributed by atoms with Crippen molar-refractivity contribution in [2.75, 3.05) is 0 Å². The summed E-state index contributed by atoms with van der Waals surface area (Å²) in [6.45, 7) is 0. The van der Waals surface area contributed by atoms with Gasteiger partial charge in [0.15, 0.2) is 0 Å². The van der Waals surface area contributed by atoms with Crippen LogP contribution in [0.3, 0.4) is 0 Å². The summed E-state index contributed by atoms with van der Waals surface area (Å²) in [7, 11) is 0. The number of aromatic nitrogens is 1. The first-order valence-electron chi connectivity index (χ1n) is 7.99. The van der Waals surface area contributed by atoms with E-state index in [4.69, 9.17) is 0 Å². The van der Waals surface area contributed by atoms with Crippen LogP contribution in [0.2, 0.25) is 0 Å². The highest BCUT2D eigenvalue weighted by molar-refractivity contribution is 5.84. The highest BCUT2D eigenvalue weighted by atomic mass is 19.1. The number of nitrogens with one attached hydrogen (secondary N) is 1. The molecule has 6 rings (SSSR count). The lowest BCUT2D eigenvalue weighted by molar-refractivity contribution is -0.00449.